The Balaban J connectivity index is 1.63. The van der Waals surface area contributed by atoms with Crippen LogP contribution in [0, 0.1) is 0 Å². The van der Waals surface area contributed by atoms with Crippen molar-refractivity contribution in [2.24, 2.45) is 0 Å². The van der Waals surface area contributed by atoms with Gasteiger partial charge < -0.3 is 9.73 Å². The van der Waals surface area contributed by atoms with E-state index in [4.69, 9.17) is 27.6 Å². The zero-order valence-corrected chi connectivity index (χ0v) is 16.4. The van der Waals surface area contributed by atoms with Gasteiger partial charge in [-0.05, 0) is 40.2 Å². The summed E-state index contributed by atoms with van der Waals surface area (Å²) in [6.07, 6.45) is 0. The number of carbonyl (C=O) groups excluding carboxylic acids is 1. The summed E-state index contributed by atoms with van der Waals surface area (Å²) in [4.78, 5) is 12.1. The van der Waals surface area contributed by atoms with E-state index in [1.54, 1.807) is 18.2 Å². The van der Waals surface area contributed by atoms with E-state index in [1.807, 2.05) is 24.3 Å². The predicted octanol–water partition coefficient (Wildman–Crippen LogP) is 5.54. The number of amides is 1. The molecule has 3 rings (SSSR count). The van der Waals surface area contributed by atoms with Crippen molar-refractivity contribution in [2.75, 3.05) is 11.1 Å². The number of nitrogens with zero attached hydrogens (tertiary/aromatic N) is 2. The van der Waals surface area contributed by atoms with Crippen molar-refractivity contribution in [1.29, 1.82) is 0 Å². The largest absolute Gasteiger partial charge is 0.411 e. The average Bonchev–Trinajstić information content (AvgIpc) is 3.06. The Morgan fingerprint density at radius 2 is 1.84 bits per heavy atom. The summed E-state index contributed by atoms with van der Waals surface area (Å²) >= 11 is 16.6. The topological polar surface area (TPSA) is 68.0 Å². The highest BCUT2D eigenvalue weighted by Gasteiger charge is 2.14. The molecule has 0 bridgehead atoms. The van der Waals surface area contributed by atoms with Crippen molar-refractivity contribution < 1.29 is 9.21 Å². The number of anilines is 1. The summed E-state index contributed by atoms with van der Waals surface area (Å²) in [5, 5.41) is 11.7. The molecule has 0 aliphatic heterocycles. The second kappa shape index (κ2) is 8.23. The Bertz CT molecular complexity index is 900. The summed E-state index contributed by atoms with van der Waals surface area (Å²) in [6.45, 7) is 0. The third-order valence-corrected chi connectivity index (χ3v) is 5.20. The fraction of sp³-hybridized carbons (Fsp3) is 0.0625. The van der Waals surface area contributed by atoms with Gasteiger partial charge in [-0.15, -0.1) is 10.2 Å². The minimum atomic E-state index is -0.277. The van der Waals surface area contributed by atoms with Crippen molar-refractivity contribution in [3.8, 4) is 11.5 Å². The molecule has 3 aromatic rings. The molecule has 0 aliphatic carbocycles. The lowest BCUT2D eigenvalue weighted by molar-refractivity contribution is -0.113. The zero-order valence-electron chi connectivity index (χ0n) is 12.5. The van der Waals surface area contributed by atoms with Crippen LogP contribution in [0.5, 0.6) is 0 Å². The lowest BCUT2D eigenvalue weighted by Crippen LogP contribution is -2.14. The lowest BCUT2D eigenvalue weighted by Gasteiger charge is -2.08. The maximum Gasteiger partial charge on any atom is 0.277 e. The molecule has 2 aromatic carbocycles. The zero-order chi connectivity index (χ0) is 17.8. The van der Waals surface area contributed by atoms with E-state index in [9.17, 15) is 4.79 Å². The molecule has 1 heterocycles. The van der Waals surface area contributed by atoms with Gasteiger partial charge in [0.05, 0.1) is 27.0 Å². The van der Waals surface area contributed by atoms with Gasteiger partial charge in [-0.25, -0.2) is 0 Å². The van der Waals surface area contributed by atoms with Gasteiger partial charge in [0.25, 0.3) is 5.22 Å². The summed E-state index contributed by atoms with van der Waals surface area (Å²) in [6, 6.07) is 12.5. The number of halogens is 3. The molecule has 5 nitrogen and oxygen atoms in total. The molecule has 0 saturated heterocycles. The Morgan fingerprint density at radius 1 is 1.12 bits per heavy atom. The molecule has 0 spiro atoms. The molecule has 9 heteroatoms. The third-order valence-electron chi connectivity index (χ3n) is 3.06. The molecular weight excluding hydrogens is 449 g/mol. The van der Waals surface area contributed by atoms with E-state index in [-0.39, 0.29) is 11.7 Å². The van der Waals surface area contributed by atoms with Crippen molar-refractivity contribution in [3.05, 3.63) is 57.0 Å². The second-order valence-corrected chi connectivity index (χ2v) is 7.38. The van der Waals surface area contributed by atoms with Crippen molar-refractivity contribution in [1.82, 2.24) is 10.2 Å². The van der Waals surface area contributed by atoms with Gasteiger partial charge in [0.2, 0.25) is 11.8 Å². The number of carbonyl (C=O) groups is 1. The number of hydrogen-bond acceptors (Lipinski definition) is 5. The molecule has 0 aliphatic rings. The quantitative estimate of drug-likeness (QED) is 0.508. The maximum absolute atomic E-state index is 12.1. The molecule has 0 atom stereocenters. The van der Waals surface area contributed by atoms with Crippen LogP contribution < -0.4 is 5.32 Å². The smallest absolute Gasteiger partial charge is 0.277 e. The van der Waals surface area contributed by atoms with Crippen LogP contribution in [0.15, 0.2) is 56.6 Å². The van der Waals surface area contributed by atoms with Crippen LogP contribution >= 0.6 is 50.9 Å². The number of benzene rings is 2. The SMILES string of the molecule is O=C(CSc1nnc(-c2ccccc2Br)o1)Nc1c(Cl)cccc1Cl. The number of nitrogens with one attached hydrogen (secondary N) is 1. The third kappa shape index (κ3) is 4.55. The molecular formula is C16H10BrCl2N3O2S. The van der Waals surface area contributed by atoms with Gasteiger partial charge in [0.15, 0.2) is 0 Å². The van der Waals surface area contributed by atoms with Crippen LogP contribution in [0.1, 0.15) is 0 Å². The van der Waals surface area contributed by atoms with Crippen LogP contribution in [0.2, 0.25) is 10.0 Å². The Hall–Kier alpha value is -1.54. The van der Waals surface area contributed by atoms with E-state index >= 15 is 0 Å². The summed E-state index contributed by atoms with van der Waals surface area (Å²) in [5.41, 5.74) is 1.17. The van der Waals surface area contributed by atoms with E-state index in [0.29, 0.717) is 26.8 Å². The van der Waals surface area contributed by atoms with Crippen LogP contribution in [0.4, 0.5) is 5.69 Å². The predicted molar refractivity (Wildman–Crippen MR) is 103 cm³/mol. The highest BCUT2D eigenvalue weighted by molar-refractivity contribution is 9.10. The Labute approximate surface area is 166 Å². The first-order valence-corrected chi connectivity index (χ1v) is 9.53. The number of para-hydroxylation sites is 1. The van der Waals surface area contributed by atoms with E-state index < -0.39 is 0 Å². The van der Waals surface area contributed by atoms with Gasteiger partial charge in [0, 0.05) is 4.47 Å². The fourth-order valence-electron chi connectivity index (χ4n) is 1.93. The highest BCUT2D eigenvalue weighted by Crippen LogP contribution is 2.31. The van der Waals surface area contributed by atoms with Crippen LogP contribution in [0.3, 0.4) is 0 Å². The monoisotopic (exact) mass is 457 g/mol. The van der Waals surface area contributed by atoms with Gasteiger partial charge >= 0.3 is 0 Å². The van der Waals surface area contributed by atoms with Gasteiger partial charge in [-0.2, -0.15) is 0 Å². The normalized spacial score (nSPS) is 10.7. The first kappa shape index (κ1) is 18.3. The Kier molecular flexibility index (Phi) is 6.01. The van der Waals surface area contributed by atoms with Gasteiger partial charge in [-0.1, -0.05) is 53.2 Å². The molecule has 1 amide bonds. The maximum atomic E-state index is 12.1. The highest BCUT2D eigenvalue weighted by atomic mass is 79.9. The first-order chi connectivity index (χ1) is 12.0. The molecule has 0 radical (unpaired) electrons. The van der Waals surface area contributed by atoms with Crippen LogP contribution in [0.25, 0.3) is 11.5 Å². The van der Waals surface area contributed by atoms with Crippen LogP contribution in [-0.4, -0.2) is 21.9 Å². The van der Waals surface area contributed by atoms with Crippen LogP contribution in [-0.2, 0) is 4.79 Å². The molecule has 0 unspecified atom stereocenters. The standard InChI is InChI=1S/C16H10BrCl2N3O2S/c17-10-5-2-1-4-9(10)15-21-22-16(24-15)25-8-13(23)20-14-11(18)6-3-7-12(14)19/h1-7H,8H2,(H,20,23). The molecule has 0 fully saturated rings. The number of hydrogen-bond donors (Lipinski definition) is 1. The van der Waals surface area contributed by atoms with Crippen molar-refractivity contribution in [3.63, 3.8) is 0 Å². The van der Waals surface area contributed by atoms with Crippen molar-refractivity contribution >= 4 is 62.5 Å². The number of aromatic nitrogens is 2. The second-order valence-electron chi connectivity index (χ2n) is 4.79. The van der Waals surface area contributed by atoms with Gasteiger partial charge in [0.1, 0.15) is 0 Å². The fourth-order valence-corrected chi connectivity index (χ4v) is 3.44. The molecule has 0 saturated carbocycles. The molecule has 1 N–H and O–H groups in total. The molecule has 128 valence electrons. The number of rotatable bonds is 5. The summed E-state index contributed by atoms with van der Waals surface area (Å²) < 4.78 is 6.43. The minimum Gasteiger partial charge on any atom is -0.411 e. The van der Waals surface area contributed by atoms with E-state index in [0.717, 1.165) is 21.8 Å². The lowest BCUT2D eigenvalue weighted by atomic mass is 10.2. The van der Waals surface area contributed by atoms with E-state index in [1.165, 1.54) is 0 Å². The molecule has 1 aromatic heterocycles. The first-order valence-electron chi connectivity index (χ1n) is 6.99. The summed E-state index contributed by atoms with van der Waals surface area (Å²) in [5.74, 6) is 0.184. The molecule has 25 heavy (non-hydrogen) atoms. The van der Waals surface area contributed by atoms with Crippen molar-refractivity contribution in [2.45, 2.75) is 5.22 Å². The van der Waals surface area contributed by atoms with Gasteiger partial charge in [-0.3, -0.25) is 4.79 Å². The Morgan fingerprint density at radius 3 is 2.56 bits per heavy atom. The number of thioether (sulfide) groups is 1. The average molecular weight is 459 g/mol. The van der Waals surface area contributed by atoms with E-state index in [2.05, 4.69) is 31.4 Å². The summed E-state index contributed by atoms with van der Waals surface area (Å²) in [7, 11) is 0. The minimum absolute atomic E-state index is 0.0825.